The van der Waals surface area contributed by atoms with Gasteiger partial charge in [0.05, 0.1) is 22.8 Å². The molecule has 1 amide bonds. The van der Waals surface area contributed by atoms with Gasteiger partial charge in [0.1, 0.15) is 17.2 Å². The van der Waals surface area contributed by atoms with Gasteiger partial charge in [-0.2, -0.15) is 0 Å². The number of benzene rings is 3. The minimum absolute atomic E-state index is 0.0400. The second-order valence-electron chi connectivity index (χ2n) is 10.6. The number of amides is 1. The topological polar surface area (TPSA) is 126 Å². The van der Waals surface area contributed by atoms with E-state index in [0.29, 0.717) is 42.3 Å². The molecule has 0 unspecified atom stereocenters. The van der Waals surface area contributed by atoms with E-state index in [1.807, 2.05) is 30.3 Å². The summed E-state index contributed by atoms with van der Waals surface area (Å²) in [4.78, 5) is 13.1. The van der Waals surface area contributed by atoms with Crippen molar-refractivity contribution in [1.29, 1.82) is 0 Å². The first-order chi connectivity index (χ1) is 20.5. The highest BCUT2D eigenvalue weighted by molar-refractivity contribution is 7.92. The lowest BCUT2D eigenvalue weighted by atomic mass is 9.89. The summed E-state index contributed by atoms with van der Waals surface area (Å²) in [5.74, 6) is -1.22. The number of furan rings is 1. The van der Waals surface area contributed by atoms with Gasteiger partial charge in [0.25, 0.3) is 5.91 Å². The van der Waals surface area contributed by atoms with Gasteiger partial charge in [0.2, 0.25) is 20.0 Å². The van der Waals surface area contributed by atoms with Crippen LogP contribution in [0.4, 0.5) is 10.1 Å². The summed E-state index contributed by atoms with van der Waals surface area (Å²) < 4.78 is 76.1. The number of carbonyl (C=O) groups excluding carboxylic acids is 1. The van der Waals surface area contributed by atoms with Crippen LogP contribution in [-0.2, 0) is 26.5 Å². The van der Waals surface area contributed by atoms with Gasteiger partial charge in [0.15, 0.2) is 0 Å². The average Bonchev–Trinajstić information content (AvgIpc) is 3.38. The van der Waals surface area contributed by atoms with Gasteiger partial charge in [0, 0.05) is 37.2 Å². The largest absolute Gasteiger partial charge is 0.455 e. The number of hydrogen-bond acceptors (Lipinski definition) is 6. The van der Waals surface area contributed by atoms with E-state index in [4.69, 9.17) is 4.42 Å². The normalized spacial score (nSPS) is 16.3. The standard InChI is InChI=1S/C31H34FN3O6S2/c1-3-42(37,38)34-27-19-28-26(29(31(36)33-2)30(41-28)22-11-13-24(32)14-12-22)18-25(27)23-10-7-16-35(20-23)43(39,40)17-15-21-8-5-4-6-9-21/h4-6,8-9,11-14,18-19,23,34H,3,7,10,15-17,20H2,1-2H3,(H,33,36)/t23-/m1/s1. The first-order valence-corrected chi connectivity index (χ1v) is 17.4. The molecule has 0 radical (unpaired) electrons. The SMILES string of the molecule is CCS(=O)(=O)Nc1cc2oc(-c3ccc(F)cc3)c(C(=O)NC)c2cc1[C@@H]1CCCN(S(=O)(=O)CCc2ccccc2)C1. The Balaban J connectivity index is 1.57. The molecular weight excluding hydrogens is 593 g/mol. The van der Waals surface area contributed by atoms with Crippen LogP contribution in [0.5, 0.6) is 0 Å². The maximum atomic E-state index is 13.7. The van der Waals surface area contributed by atoms with Crippen LogP contribution in [0.3, 0.4) is 0 Å². The Hall–Kier alpha value is -3.74. The van der Waals surface area contributed by atoms with Crippen molar-refractivity contribution in [2.24, 2.45) is 0 Å². The van der Waals surface area contributed by atoms with Crippen molar-refractivity contribution in [2.45, 2.75) is 32.1 Å². The Morgan fingerprint density at radius 2 is 1.77 bits per heavy atom. The third-order valence-electron chi connectivity index (χ3n) is 7.78. The molecule has 1 aliphatic rings. The molecule has 1 saturated heterocycles. The van der Waals surface area contributed by atoms with Crippen molar-refractivity contribution < 1.29 is 30.4 Å². The fraction of sp³-hybridized carbons (Fsp3) is 0.323. The average molecular weight is 628 g/mol. The van der Waals surface area contributed by atoms with E-state index in [9.17, 15) is 26.0 Å². The Morgan fingerprint density at radius 1 is 1.05 bits per heavy atom. The summed E-state index contributed by atoms with van der Waals surface area (Å²) >= 11 is 0. The molecule has 43 heavy (non-hydrogen) atoms. The summed E-state index contributed by atoms with van der Waals surface area (Å²) in [5.41, 5.74) is 2.73. The van der Waals surface area contributed by atoms with Gasteiger partial charge in [-0.15, -0.1) is 0 Å². The maximum Gasteiger partial charge on any atom is 0.255 e. The van der Waals surface area contributed by atoms with Crippen molar-refractivity contribution >= 4 is 42.6 Å². The zero-order valence-corrected chi connectivity index (χ0v) is 25.6. The molecule has 0 aliphatic carbocycles. The fourth-order valence-corrected chi connectivity index (χ4v) is 7.67. The molecule has 0 spiro atoms. The summed E-state index contributed by atoms with van der Waals surface area (Å²) in [7, 11) is -5.82. The molecule has 1 aromatic heterocycles. The molecule has 12 heteroatoms. The quantitative estimate of drug-likeness (QED) is 0.252. The number of hydrogen-bond donors (Lipinski definition) is 2. The number of sulfonamides is 2. The molecule has 3 aromatic carbocycles. The number of halogens is 1. The number of aryl methyl sites for hydroxylation is 1. The van der Waals surface area contributed by atoms with E-state index in [2.05, 4.69) is 10.0 Å². The Bertz CT molecular complexity index is 1840. The van der Waals surface area contributed by atoms with E-state index in [1.54, 1.807) is 12.1 Å². The first kappa shape index (κ1) is 30.7. The molecule has 2 N–H and O–H groups in total. The number of nitrogens with one attached hydrogen (secondary N) is 2. The lowest BCUT2D eigenvalue weighted by molar-refractivity contribution is 0.0964. The predicted molar refractivity (Wildman–Crippen MR) is 166 cm³/mol. The second kappa shape index (κ2) is 12.5. The van der Waals surface area contributed by atoms with Crippen LogP contribution < -0.4 is 10.0 Å². The van der Waals surface area contributed by atoms with Crippen molar-refractivity contribution in [3.05, 3.63) is 89.2 Å². The molecular formula is C31H34FN3O6S2. The molecule has 5 rings (SSSR count). The molecule has 1 fully saturated rings. The van der Waals surface area contributed by atoms with Crippen LogP contribution in [0, 0.1) is 5.82 Å². The monoisotopic (exact) mass is 627 g/mol. The number of rotatable bonds is 10. The highest BCUT2D eigenvalue weighted by Gasteiger charge is 2.32. The number of piperidine rings is 1. The number of fused-ring (bicyclic) bond motifs is 1. The van der Waals surface area contributed by atoms with E-state index in [1.165, 1.54) is 42.5 Å². The van der Waals surface area contributed by atoms with Crippen LogP contribution in [-0.4, -0.2) is 58.7 Å². The fourth-order valence-electron chi connectivity index (χ4n) is 5.45. The van der Waals surface area contributed by atoms with Crippen molar-refractivity contribution in [3.63, 3.8) is 0 Å². The number of nitrogens with zero attached hydrogens (tertiary/aromatic N) is 1. The lowest BCUT2D eigenvalue weighted by Crippen LogP contribution is -2.40. The smallest absolute Gasteiger partial charge is 0.255 e. The molecule has 0 saturated carbocycles. The van der Waals surface area contributed by atoms with E-state index < -0.39 is 31.8 Å². The van der Waals surface area contributed by atoms with Crippen molar-refractivity contribution in [1.82, 2.24) is 9.62 Å². The molecule has 2 heterocycles. The summed E-state index contributed by atoms with van der Waals surface area (Å²) in [6.07, 6.45) is 1.59. The Morgan fingerprint density at radius 3 is 2.44 bits per heavy atom. The van der Waals surface area contributed by atoms with Gasteiger partial charge < -0.3 is 9.73 Å². The van der Waals surface area contributed by atoms with E-state index in [0.717, 1.165) is 5.56 Å². The Kier molecular flexibility index (Phi) is 8.91. The van der Waals surface area contributed by atoms with Crippen LogP contribution in [0.1, 0.15) is 47.2 Å². The first-order valence-electron chi connectivity index (χ1n) is 14.1. The highest BCUT2D eigenvalue weighted by Crippen LogP contribution is 2.41. The molecule has 1 aliphatic heterocycles. The van der Waals surface area contributed by atoms with Gasteiger partial charge in [-0.25, -0.2) is 25.5 Å². The highest BCUT2D eigenvalue weighted by atomic mass is 32.2. The number of carbonyl (C=O) groups is 1. The zero-order valence-electron chi connectivity index (χ0n) is 24.0. The van der Waals surface area contributed by atoms with Gasteiger partial charge in [-0.3, -0.25) is 9.52 Å². The van der Waals surface area contributed by atoms with E-state index >= 15 is 0 Å². The van der Waals surface area contributed by atoms with Gasteiger partial charge >= 0.3 is 0 Å². The molecule has 9 nitrogen and oxygen atoms in total. The van der Waals surface area contributed by atoms with Crippen LogP contribution in [0.2, 0.25) is 0 Å². The van der Waals surface area contributed by atoms with Crippen LogP contribution >= 0.6 is 0 Å². The summed E-state index contributed by atoms with van der Waals surface area (Å²) in [5, 5.41) is 3.07. The predicted octanol–water partition coefficient (Wildman–Crippen LogP) is 5.11. The Labute approximate surface area is 251 Å². The van der Waals surface area contributed by atoms with Crippen LogP contribution in [0.15, 0.2) is 71.1 Å². The number of anilines is 1. The lowest BCUT2D eigenvalue weighted by Gasteiger charge is -2.33. The minimum Gasteiger partial charge on any atom is -0.455 e. The van der Waals surface area contributed by atoms with E-state index in [-0.39, 0.29) is 46.6 Å². The summed E-state index contributed by atoms with van der Waals surface area (Å²) in [6, 6.07) is 18.2. The molecule has 1 atom stereocenters. The molecule has 228 valence electrons. The van der Waals surface area contributed by atoms with Gasteiger partial charge in [-0.1, -0.05) is 30.3 Å². The molecule has 0 bridgehead atoms. The molecule has 4 aromatic rings. The van der Waals surface area contributed by atoms with Crippen molar-refractivity contribution in [2.75, 3.05) is 36.4 Å². The van der Waals surface area contributed by atoms with Crippen molar-refractivity contribution in [3.8, 4) is 11.3 Å². The van der Waals surface area contributed by atoms with Gasteiger partial charge in [-0.05, 0) is 73.6 Å². The second-order valence-corrected chi connectivity index (χ2v) is 14.7. The zero-order chi connectivity index (χ0) is 30.8. The summed E-state index contributed by atoms with van der Waals surface area (Å²) in [6.45, 7) is 2.06. The maximum absolute atomic E-state index is 13.7. The van der Waals surface area contributed by atoms with Crippen LogP contribution in [0.25, 0.3) is 22.3 Å². The third kappa shape index (κ3) is 6.76. The minimum atomic E-state index is -3.71. The third-order valence-corrected chi connectivity index (χ3v) is 10.9.